The predicted molar refractivity (Wildman–Crippen MR) is 73.8 cm³/mol. The lowest BCUT2D eigenvalue weighted by atomic mass is 9.88. The highest BCUT2D eigenvalue weighted by Crippen LogP contribution is 2.37. The number of nitrogens with one attached hydrogen (secondary N) is 1. The molecule has 2 heterocycles. The van der Waals surface area contributed by atoms with E-state index in [4.69, 9.17) is 0 Å². The molecule has 1 aliphatic carbocycles. The van der Waals surface area contributed by atoms with Crippen molar-refractivity contribution in [2.75, 3.05) is 6.54 Å². The summed E-state index contributed by atoms with van der Waals surface area (Å²) in [4.78, 5) is 4.41. The van der Waals surface area contributed by atoms with Crippen molar-refractivity contribution in [3.05, 3.63) is 34.1 Å². The maximum absolute atomic E-state index is 4.41. The van der Waals surface area contributed by atoms with Crippen molar-refractivity contribution in [2.45, 2.75) is 32.2 Å². The smallest absolute Gasteiger partial charge is 0.109 e. The lowest BCUT2D eigenvalue weighted by Crippen LogP contribution is -2.39. The van der Waals surface area contributed by atoms with E-state index in [0.717, 1.165) is 17.1 Å². The first-order chi connectivity index (χ1) is 8.25. The van der Waals surface area contributed by atoms with Crippen LogP contribution in [0, 0.1) is 12.8 Å². The number of hydrogen-bond acceptors (Lipinski definition) is 2. The molecule has 1 fully saturated rings. The Balaban J connectivity index is 1.91. The molecule has 0 radical (unpaired) electrons. The number of halogens is 1. The van der Waals surface area contributed by atoms with Crippen molar-refractivity contribution in [3.8, 4) is 0 Å². The van der Waals surface area contributed by atoms with Crippen LogP contribution >= 0.6 is 15.9 Å². The third-order valence-corrected chi connectivity index (χ3v) is 4.74. The highest BCUT2D eigenvalue weighted by atomic mass is 79.9. The van der Waals surface area contributed by atoms with Gasteiger partial charge >= 0.3 is 0 Å². The molecule has 2 aliphatic rings. The van der Waals surface area contributed by atoms with Gasteiger partial charge in [-0.05, 0) is 77.3 Å². The SMILES string of the molecule is Cc1cc(C2=CCC3CCCNC23)cnc1Br. The van der Waals surface area contributed by atoms with Crippen molar-refractivity contribution in [1.29, 1.82) is 0 Å². The topological polar surface area (TPSA) is 24.9 Å². The summed E-state index contributed by atoms with van der Waals surface area (Å²) < 4.78 is 0.952. The summed E-state index contributed by atoms with van der Waals surface area (Å²) in [7, 11) is 0. The van der Waals surface area contributed by atoms with Gasteiger partial charge in [0.2, 0.25) is 0 Å². The fourth-order valence-electron chi connectivity index (χ4n) is 2.99. The van der Waals surface area contributed by atoms with Gasteiger partial charge in [0.05, 0.1) is 0 Å². The first kappa shape index (κ1) is 11.4. The van der Waals surface area contributed by atoms with Crippen molar-refractivity contribution >= 4 is 21.5 Å². The van der Waals surface area contributed by atoms with Crippen LogP contribution in [0.25, 0.3) is 5.57 Å². The van der Waals surface area contributed by atoms with E-state index in [9.17, 15) is 0 Å². The Labute approximate surface area is 111 Å². The molecule has 17 heavy (non-hydrogen) atoms. The molecule has 0 bridgehead atoms. The zero-order valence-electron chi connectivity index (χ0n) is 10.0. The summed E-state index contributed by atoms with van der Waals surface area (Å²) in [6.07, 6.45) is 8.29. The Bertz CT molecular complexity index is 467. The number of pyridine rings is 1. The Morgan fingerprint density at radius 2 is 2.35 bits per heavy atom. The average molecular weight is 293 g/mol. The van der Waals surface area contributed by atoms with Gasteiger partial charge < -0.3 is 5.32 Å². The van der Waals surface area contributed by atoms with E-state index in [1.807, 2.05) is 6.20 Å². The van der Waals surface area contributed by atoms with E-state index >= 15 is 0 Å². The Hall–Kier alpha value is -0.670. The third kappa shape index (κ3) is 2.06. The molecule has 1 aromatic heterocycles. The normalized spacial score (nSPS) is 27.8. The van der Waals surface area contributed by atoms with Gasteiger partial charge in [0.1, 0.15) is 4.60 Å². The number of hydrogen-bond donors (Lipinski definition) is 1. The highest BCUT2D eigenvalue weighted by Gasteiger charge is 2.32. The number of rotatable bonds is 1. The van der Waals surface area contributed by atoms with Crippen LogP contribution in [-0.4, -0.2) is 17.6 Å². The molecule has 3 heteroatoms. The lowest BCUT2D eigenvalue weighted by Gasteiger charge is -2.29. The van der Waals surface area contributed by atoms with Crippen LogP contribution in [-0.2, 0) is 0 Å². The maximum atomic E-state index is 4.41. The van der Waals surface area contributed by atoms with Crippen LogP contribution in [0.1, 0.15) is 30.4 Å². The maximum Gasteiger partial charge on any atom is 0.109 e. The lowest BCUT2D eigenvalue weighted by molar-refractivity contribution is 0.346. The highest BCUT2D eigenvalue weighted by molar-refractivity contribution is 9.10. The van der Waals surface area contributed by atoms with Crippen LogP contribution in [0.5, 0.6) is 0 Å². The summed E-state index contributed by atoms with van der Waals surface area (Å²) in [5.41, 5.74) is 3.95. The number of piperidine rings is 1. The van der Waals surface area contributed by atoms with Gasteiger partial charge in [-0.2, -0.15) is 0 Å². The molecular formula is C14H17BrN2. The first-order valence-corrected chi connectivity index (χ1v) is 7.11. The van der Waals surface area contributed by atoms with Crippen LogP contribution in [0.15, 0.2) is 22.9 Å². The molecular weight excluding hydrogens is 276 g/mol. The number of nitrogens with zero attached hydrogens (tertiary/aromatic N) is 1. The zero-order chi connectivity index (χ0) is 11.8. The molecule has 0 spiro atoms. The van der Waals surface area contributed by atoms with Crippen LogP contribution < -0.4 is 5.32 Å². The first-order valence-electron chi connectivity index (χ1n) is 6.31. The molecule has 2 atom stereocenters. The fraction of sp³-hybridized carbons (Fsp3) is 0.500. The minimum atomic E-state index is 0.561. The van der Waals surface area contributed by atoms with Gasteiger partial charge in [-0.1, -0.05) is 6.08 Å². The van der Waals surface area contributed by atoms with Gasteiger partial charge in [0.15, 0.2) is 0 Å². The molecule has 2 unspecified atom stereocenters. The van der Waals surface area contributed by atoms with Crippen molar-refractivity contribution in [1.82, 2.24) is 10.3 Å². The molecule has 90 valence electrons. The Morgan fingerprint density at radius 1 is 1.47 bits per heavy atom. The molecule has 0 amide bonds. The van der Waals surface area contributed by atoms with E-state index in [2.05, 4.69) is 45.3 Å². The van der Waals surface area contributed by atoms with E-state index in [1.165, 1.54) is 36.0 Å². The molecule has 3 rings (SSSR count). The summed E-state index contributed by atoms with van der Waals surface area (Å²) >= 11 is 3.46. The van der Waals surface area contributed by atoms with Crippen molar-refractivity contribution in [3.63, 3.8) is 0 Å². The predicted octanol–water partition coefficient (Wildman–Crippen LogP) is 3.31. The molecule has 1 saturated heterocycles. The second kappa shape index (κ2) is 4.54. The number of aryl methyl sites for hydroxylation is 1. The van der Waals surface area contributed by atoms with E-state index in [0.29, 0.717) is 6.04 Å². The fourth-order valence-corrected chi connectivity index (χ4v) is 3.21. The third-order valence-electron chi connectivity index (χ3n) is 3.91. The second-order valence-electron chi connectivity index (χ2n) is 5.06. The van der Waals surface area contributed by atoms with Crippen molar-refractivity contribution < 1.29 is 0 Å². The standard InChI is InChI=1S/C14H17BrN2/c1-9-7-11(8-17-14(9)15)12-5-4-10-3-2-6-16-13(10)12/h5,7-8,10,13,16H,2-4,6H2,1H3. The van der Waals surface area contributed by atoms with Gasteiger partial charge in [-0.15, -0.1) is 0 Å². The van der Waals surface area contributed by atoms with E-state index < -0.39 is 0 Å². The van der Waals surface area contributed by atoms with E-state index in [1.54, 1.807) is 0 Å². The van der Waals surface area contributed by atoms with Crippen molar-refractivity contribution in [2.24, 2.45) is 5.92 Å². The van der Waals surface area contributed by atoms with Crippen LogP contribution in [0.3, 0.4) is 0 Å². The molecule has 0 aromatic carbocycles. The summed E-state index contributed by atoms with van der Waals surface area (Å²) in [6.45, 7) is 3.25. The van der Waals surface area contributed by atoms with Crippen LogP contribution in [0.2, 0.25) is 0 Å². The second-order valence-corrected chi connectivity index (χ2v) is 5.81. The van der Waals surface area contributed by atoms with Gasteiger partial charge in [0, 0.05) is 12.2 Å². The minimum absolute atomic E-state index is 0.561. The summed E-state index contributed by atoms with van der Waals surface area (Å²) in [5.74, 6) is 0.808. The van der Waals surface area contributed by atoms with Gasteiger partial charge in [-0.25, -0.2) is 4.98 Å². The molecule has 1 aromatic rings. The molecule has 2 nitrogen and oxygen atoms in total. The molecule has 1 aliphatic heterocycles. The quantitative estimate of drug-likeness (QED) is 0.804. The van der Waals surface area contributed by atoms with Gasteiger partial charge in [-0.3, -0.25) is 0 Å². The molecule has 0 saturated carbocycles. The van der Waals surface area contributed by atoms with Gasteiger partial charge in [0.25, 0.3) is 0 Å². The van der Waals surface area contributed by atoms with Crippen LogP contribution in [0.4, 0.5) is 0 Å². The average Bonchev–Trinajstić information content (AvgIpc) is 2.76. The summed E-state index contributed by atoms with van der Waals surface area (Å²) in [6, 6.07) is 2.80. The van der Waals surface area contributed by atoms with E-state index in [-0.39, 0.29) is 0 Å². The Morgan fingerprint density at radius 3 is 3.18 bits per heavy atom. The number of allylic oxidation sites excluding steroid dienone is 1. The Kier molecular flexibility index (Phi) is 3.05. The summed E-state index contributed by atoms with van der Waals surface area (Å²) in [5, 5.41) is 3.66. The largest absolute Gasteiger partial charge is 0.310 e. The minimum Gasteiger partial charge on any atom is -0.310 e. The zero-order valence-corrected chi connectivity index (χ0v) is 11.6. The monoisotopic (exact) mass is 292 g/mol. The number of aromatic nitrogens is 1. The molecule has 1 N–H and O–H groups in total. The number of fused-ring (bicyclic) bond motifs is 1.